The third-order valence-electron chi connectivity index (χ3n) is 7.53. The highest BCUT2D eigenvalue weighted by molar-refractivity contribution is 5.77. The molecule has 2 fully saturated rings. The molecule has 1 aliphatic heterocycles. The average Bonchev–Trinajstić information content (AvgIpc) is 2.85. The molecule has 1 heterocycles. The summed E-state index contributed by atoms with van der Waals surface area (Å²) in [5.74, 6) is 1.22. The summed E-state index contributed by atoms with van der Waals surface area (Å²) in [6.07, 6.45) is 3.79. The Bertz CT molecular complexity index is 856. The van der Waals surface area contributed by atoms with Crippen LogP contribution in [0.1, 0.15) is 58.8 Å². The Morgan fingerprint density at radius 2 is 1.83 bits per heavy atom. The SMILES string of the molecule is C[N+]#CC1=C(N2CCN(CCC3CCC(CNC(=O)COC(C)C)CC3)CC2)CCC=C1C(F)(F)F. The topological polar surface area (TPSA) is 49.2 Å². The van der Waals surface area contributed by atoms with E-state index in [2.05, 4.69) is 26.0 Å². The van der Waals surface area contributed by atoms with Crippen LogP contribution in [0.5, 0.6) is 0 Å². The zero-order valence-corrected chi connectivity index (χ0v) is 22.0. The molecule has 3 aliphatic rings. The number of nitrogens with one attached hydrogen (secondary N) is 1. The highest BCUT2D eigenvalue weighted by atomic mass is 19.4. The highest BCUT2D eigenvalue weighted by Crippen LogP contribution is 2.38. The first kappa shape index (κ1) is 28.5. The first-order chi connectivity index (χ1) is 17.2. The Kier molecular flexibility index (Phi) is 10.7. The summed E-state index contributed by atoms with van der Waals surface area (Å²) in [4.78, 5) is 20.2. The van der Waals surface area contributed by atoms with Crippen LogP contribution in [0.4, 0.5) is 13.2 Å². The van der Waals surface area contributed by atoms with Crippen LogP contribution in [-0.2, 0) is 9.53 Å². The molecule has 0 aromatic carbocycles. The van der Waals surface area contributed by atoms with Crippen molar-refractivity contribution in [1.82, 2.24) is 15.1 Å². The molecule has 0 unspecified atom stereocenters. The predicted molar refractivity (Wildman–Crippen MR) is 136 cm³/mol. The number of rotatable bonds is 9. The Balaban J connectivity index is 1.38. The maximum absolute atomic E-state index is 13.5. The Morgan fingerprint density at radius 3 is 2.44 bits per heavy atom. The molecule has 1 N–H and O–H groups in total. The summed E-state index contributed by atoms with van der Waals surface area (Å²) in [5, 5.41) is 3.00. The van der Waals surface area contributed by atoms with Crippen LogP contribution < -0.4 is 5.32 Å². The van der Waals surface area contributed by atoms with E-state index in [1.54, 1.807) is 0 Å². The van der Waals surface area contributed by atoms with Gasteiger partial charge in [-0.05, 0) is 64.3 Å². The zero-order chi connectivity index (χ0) is 26.1. The fourth-order valence-electron chi connectivity index (χ4n) is 5.43. The molecule has 3 rings (SSSR count). The van der Waals surface area contributed by atoms with Crippen molar-refractivity contribution in [2.45, 2.75) is 71.1 Å². The highest BCUT2D eigenvalue weighted by Gasteiger charge is 2.41. The van der Waals surface area contributed by atoms with E-state index in [9.17, 15) is 18.0 Å². The van der Waals surface area contributed by atoms with Gasteiger partial charge in [0.05, 0.1) is 11.7 Å². The Hall–Kier alpha value is -2.05. The smallest absolute Gasteiger partial charge is 0.371 e. The summed E-state index contributed by atoms with van der Waals surface area (Å²) >= 11 is 0. The van der Waals surface area contributed by atoms with Crippen LogP contribution in [0.3, 0.4) is 0 Å². The molecule has 9 heteroatoms. The molecule has 1 saturated heterocycles. The van der Waals surface area contributed by atoms with E-state index in [0.29, 0.717) is 24.7 Å². The van der Waals surface area contributed by atoms with Gasteiger partial charge in [0.1, 0.15) is 12.2 Å². The van der Waals surface area contributed by atoms with Crippen LogP contribution in [0.15, 0.2) is 22.9 Å². The van der Waals surface area contributed by atoms with Gasteiger partial charge in [0.25, 0.3) is 7.05 Å². The molecule has 2 aliphatic carbocycles. The minimum atomic E-state index is -4.38. The van der Waals surface area contributed by atoms with Gasteiger partial charge in [0.2, 0.25) is 5.91 Å². The fourth-order valence-corrected chi connectivity index (χ4v) is 5.43. The van der Waals surface area contributed by atoms with E-state index in [-0.39, 0.29) is 24.2 Å². The fraction of sp³-hybridized carbons (Fsp3) is 0.778. The van der Waals surface area contributed by atoms with E-state index in [1.807, 2.05) is 13.8 Å². The third-order valence-corrected chi connectivity index (χ3v) is 7.53. The lowest BCUT2D eigenvalue weighted by molar-refractivity contribution is -0.127. The standard InChI is InChI=1S/C27H41F3N4O2/c1-20(2)36-19-26(35)32-17-22-9-7-21(8-10-22)11-12-33-13-15-34(16-14-33)25-6-4-5-24(27(28,29)30)23(25)18-31-3/h5,20-22H,4,6-17,19H2,1-3H3/p+1. The Labute approximate surface area is 213 Å². The first-order valence-electron chi connectivity index (χ1n) is 13.4. The third kappa shape index (κ3) is 8.52. The number of carbonyl (C=O) groups excluding carboxylic acids is 1. The molecule has 0 radical (unpaired) electrons. The van der Waals surface area contributed by atoms with Crippen molar-refractivity contribution in [2.75, 3.05) is 52.9 Å². The number of halogens is 3. The van der Waals surface area contributed by atoms with Gasteiger partial charge in [-0.1, -0.05) is 23.8 Å². The minimum Gasteiger partial charge on any atom is -0.371 e. The normalized spacial score (nSPS) is 23.9. The van der Waals surface area contributed by atoms with Crippen molar-refractivity contribution < 1.29 is 22.7 Å². The second-order valence-electron chi connectivity index (χ2n) is 10.5. The van der Waals surface area contributed by atoms with Crippen LogP contribution in [0, 0.1) is 17.9 Å². The summed E-state index contributed by atoms with van der Waals surface area (Å²) in [6, 6.07) is 2.63. The van der Waals surface area contributed by atoms with Gasteiger partial charge in [-0.15, -0.1) is 0 Å². The molecular formula is C27H42F3N4O2+. The van der Waals surface area contributed by atoms with Gasteiger partial charge >= 0.3 is 12.2 Å². The molecule has 0 aromatic rings. The van der Waals surface area contributed by atoms with Crippen LogP contribution in [-0.4, -0.2) is 80.9 Å². The number of hydrogen-bond donors (Lipinski definition) is 1. The van der Waals surface area contributed by atoms with Crippen LogP contribution in [0.2, 0.25) is 0 Å². The van der Waals surface area contributed by atoms with Gasteiger partial charge in [-0.2, -0.15) is 13.2 Å². The van der Waals surface area contributed by atoms with Crippen molar-refractivity contribution in [3.63, 3.8) is 0 Å². The molecule has 6 nitrogen and oxygen atoms in total. The summed E-state index contributed by atoms with van der Waals surface area (Å²) in [7, 11) is 1.47. The number of nitrogens with zero attached hydrogens (tertiary/aromatic N) is 3. The zero-order valence-electron chi connectivity index (χ0n) is 22.0. The minimum absolute atomic E-state index is 0.0356. The van der Waals surface area contributed by atoms with E-state index >= 15 is 0 Å². The maximum atomic E-state index is 13.5. The van der Waals surface area contributed by atoms with Gasteiger partial charge < -0.3 is 15.0 Å². The summed E-state index contributed by atoms with van der Waals surface area (Å²) in [6.45, 7) is 8.95. The average molecular weight is 512 g/mol. The summed E-state index contributed by atoms with van der Waals surface area (Å²) in [5.41, 5.74) is 0.247. The van der Waals surface area contributed by atoms with Crippen molar-refractivity contribution >= 4 is 5.91 Å². The van der Waals surface area contributed by atoms with E-state index in [0.717, 1.165) is 64.2 Å². The molecular weight excluding hydrogens is 469 g/mol. The van der Waals surface area contributed by atoms with E-state index < -0.39 is 11.7 Å². The number of carbonyl (C=O) groups is 1. The van der Waals surface area contributed by atoms with Crippen molar-refractivity contribution in [1.29, 1.82) is 0 Å². The second kappa shape index (κ2) is 13.5. The van der Waals surface area contributed by atoms with E-state index in [4.69, 9.17) is 4.74 Å². The quantitative estimate of drug-likeness (QED) is 0.481. The number of allylic oxidation sites excluding steroid dienone is 4. The van der Waals surface area contributed by atoms with Crippen LogP contribution in [0.25, 0.3) is 4.85 Å². The lowest BCUT2D eigenvalue weighted by Crippen LogP contribution is -2.47. The Morgan fingerprint density at radius 1 is 1.17 bits per heavy atom. The van der Waals surface area contributed by atoms with Crippen molar-refractivity contribution in [3.05, 3.63) is 27.8 Å². The lowest BCUT2D eigenvalue weighted by Gasteiger charge is -2.39. The molecule has 202 valence electrons. The van der Waals surface area contributed by atoms with Crippen molar-refractivity contribution in [2.24, 2.45) is 11.8 Å². The molecule has 1 saturated carbocycles. The lowest BCUT2D eigenvalue weighted by atomic mass is 9.80. The van der Waals surface area contributed by atoms with E-state index in [1.165, 1.54) is 26.0 Å². The molecule has 36 heavy (non-hydrogen) atoms. The van der Waals surface area contributed by atoms with Gasteiger partial charge in [-0.3, -0.25) is 9.69 Å². The molecule has 0 spiro atoms. The van der Waals surface area contributed by atoms with Crippen LogP contribution >= 0.6 is 0 Å². The number of amides is 1. The molecule has 1 amide bonds. The number of piperazine rings is 1. The van der Waals surface area contributed by atoms with Gasteiger partial charge in [0, 0.05) is 38.4 Å². The maximum Gasteiger partial charge on any atom is 0.417 e. The predicted octanol–water partition coefficient (Wildman–Crippen LogP) is 4.84. The monoisotopic (exact) mass is 511 g/mol. The molecule has 0 aromatic heterocycles. The second-order valence-corrected chi connectivity index (χ2v) is 10.5. The first-order valence-corrected chi connectivity index (χ1v) is 13.4. The number of alkyl halides is 3. The van der Waals surface area contributed by atoms with Gasteiger partial charge in [0.15, 0.2) is 0 Å². The largest absolute Gasteiger partial charge is 0.417 e. The van der Waals surface area contributed by atoms with Crippen molar-refractivity contribution in [3.8, 4) is 6.07 Å². The molecule has 0 atom stereocenters. The number of hydrogen-bond acceptors (Lipinski definition) is 4. The number of ether oxygens (including phenoxy) is 1. The van der Waals surface area contributed by atoms with Gasteiger partial charge in [-0.25, -0.2) is 0 Å². The molecule has 0 bridgehead atoms. The summed E-state index contributed by atoms with van der Waals surface area (Å²) < 4.78 is 45.9.